The molecule has 2 fully saturated rings. The molecule has 0 aromatic rings. The molecule has 0 aromatic heterocycles. The SMILES string of the molecule is CC1CN(C(=O)N2CCCC(CC(=O)O)C2)CC1C. The zero-order valence-corrected chi connectivity index (χ0v) is 11.8. The molecule has 2 heterocycles. The Morgan fingerprint density at radius 1 is 1.11 bits per heavy atom. The quantitative estimate of drug-likeness (QED) is 0.832. The van der Waals surface area contributed by atoms with Crippen LogP contribution in [0.4, 0.5) is 4.79 Å². The fourth-order valence-corrected chi connectivity index (χ4v) is 3.14. The molecule has 1 N–H and O–H groups in total. The number of amides is 2. The topological polar surface area (TPSA) is 60.9 Å². The van der Waals surface area contributed by atoms with E-state index in [1.807, 2.05) is 9.80 Å². The first-order valence-electron chi connectivity index (χ1n) is 7.23. The molecule has 0 radical (unpaired) electrons. The largest absolute Gasteiger partial charge is 0.481 e. The summed E-state index contributed by atoms with van der Waals surface area (Å²) in [7, 11) is 0. The predicted octanol–water partition coefficient (Wildman–Crippen LogP) is 1.88. The van der Waals surface area contributed by atoms with E-state index in [2.05, 4.69) is 13.8 Å². The molecule has 3 unspecified atom stereocenters. The molecule has 2 amide bonds. The van der Waals surface area contributed by atoms with Crippen LogP contribution in [-0.4, -0.2) is 53.1 Å². The number of likely N-dealkylation sites (tertiary alicyclic amines) is 2. The molecule has 19 heavy (non-hydrogen) atoms. The Hall–Kier alpha value is -1.26. The summed E-state index contributed by atoms with van der Waals surface area (Å²) in [5, 5.41) is 8.86. The van der Waals surface area contributed by atoms with Crippen LogP contribution in [0.3, 0.4) is 0 Å². The summed E-state index contributed by atoms with van der Waals surface area (Å²) in [5.74, 6) is 0.475. The van der Waals surface area contributed by atoms with Crippen molar-refractivity contribution in [3.63, 3.8) is 0 Å². The summed E-state index contributed by atoms with van der Waals surface area (Å²) in [5.41, 5.74) is 0. The Kier molecular flexibility index (Phi) is 4.32. The van der Waals surface area contributed by atoms with Gasteiger partial charge in [-0.15, -0.1) is 0 Å². The van der Waals surface area contributed by atoms with Gasteiger partial charge in [-0.25, -0.2) is 4.79 Å². The van der Waals surface area contributed by atoms with Gasteiger partial charge in [0.15, 0.2) is 0 Å². The Morgan fingerprint density at radius 2 is 1.74 bits per heavy atom. The number of carboxylic acids is 1. The summed E-state index contributed by atoms with van der Waals surface area (Å²) in [6.07, 6.45) is 2.02. The van der Waals surface area contributed by atoms with Gasteiger partial charge in [0.25, 0.3) is 0 Å². The van der Waals surface area contributed by atoms with Gasteiger partial charge in [0.05, 0.1) is 0 Å². The van der Waals surface area contributed by atoms with Crippen molar-refractivity contribution in [3.05, 3.63) is 0 Å². The third-order valence-electron chi connectivity index (χ3n) is 4.51. The minimum absolute atomic E-state index is 0.103. The van der Waals surface area contributed by atoms with Gasteiger partial charge in [-0.05, 0) is 30.6 Å². The zero-order valence-electron chi connectivity index (χ0n) is 11.8. The second-order valence-electron chi connectivity index (χ2n) is 6.19. The third-order valence-corrected chi connectivity index (χ3v) is 4.51. The summed E-state index contributed by atoms with van der Waals surface area (Å²) >= 11 is 0. The van der Waals surface area contributed by atoms with Crippen LogP contribution in [0.5, 0.6) is 0 Å². The van der Waals surface area contributed by atoms with Crippen molar-refractivity contribution in [2.75, 3.05) is 26.2 Å². The number of nitrogens with zero attached hydrogens (tertiary/aromatic N) is 2. The van der Waals surface area contributed by atoms with Gasteiger partial charge < -0.3 is 14.9 Å². The molecule has 2 rings (SSSR count). The monoisotopic (exact) mass is 268 g/mol. The summed E-state index contributed by atoms with van der Waals surface area (Å²) in [4.78, 5) is 27.0. The number of aliphatic carboxylic acids is 1. The van der Waals surface area contributed by atoms with E-state index in [0.717, 1.165) is 32.5 Å². The normalized spacial score (nSPS) is 31.6. The van der Waals surface area contributed by atoms with Crippen molar-refractivity contribution in [2.24, 2.45) is 17.8 Å². The van der Waals surface area contributed by atoms with Gasteiger partial charge in [-0.1, -0.05) is 13.8 Å². The molecule has 2 aliphatic heterocycles. The fraction of sp³-hybridized carbons (Fsp3) is 0.857. The van der Waals surface area contributed by atoms with Crippen LogP contribution in [0.2, 0.25) is 0 Å². The van der Waals surface area contributed by atoms with Crippen LogP contribution in [0.1, 0.15) is 33.1 Å². The van der Waals surface area contributed by atoms with E-state index in [9.17, 15) is 9.59 Å². The molecule has 108 valence electrons. The number of hydrogen-bond donors (Lipinski definition) is 1. The van der Waals surface area contributed by atoms with Gasteiger partial charge in [0, 0.05) is 32.6 Å². The first kappa shape index (κ1) is 14.2. The molecule has 2 saturated heterocycles. The lowest BCUT2D eigenvalue weighted by Crippen LogP contribution is -2.47. The van der Waals surface area contributed by atoms with E-state index in [-0.39, 0.29) is 18.4 Å². The van der Waals surface area contributed by atoms with Crippen LogP contribution in [0.25, 0.3) is 0 Å². The van der Waals surface area contributed by atoms with E-state index < -0.39 is 5.97 Å². The minimum Gasteiger partial charge on any atom is -0.481 e. The molecule has 0 aliphatic carbocycles. The first-order chi connectivity index (χ1) is 8.97. The number of carboxylic acid groups (broad SMARTS) is 1. The number of carbonyl (C=O) groups excluding carboxylic acids is 1. The average Bonchev–Trinajstić information content (AvgIpc) is 2.68. The lowest BCUT2D eigenvalue weighted by molar-refractivity contribution is -0.138. The van der Waals surface area contributed by atoms with E-state index in [4.69, 9.17) is 5.11 Å². The van der Waals surface area contributed by atoms with E-state index in [1.54, 1.807) is 0 Å². The highest BCUT2D eigenvalue weighted by Gasteiger charge is 2.34. The highest BCUT2D eigenvalue weighted by Crippen LogP contribution is 2.26. The van der Waals surface area contributed by atoms with E-state index in [1.165, 1.54) is 0 Å². The van der Waals surface area contributed by atoms with Crippen LogP contribution in [-0.2, 0) is 4.79 Å². The van der Waals surface area contributed by atoms with Crippen molar-refractivity contribution in [1.29, 1.82) is 0 Å². The van der Waals surface area contributed by atoms with Gasteiger partial charge in [-0.3, -0.25) is 4.79 Å². The van der Waals surface area contributed by atoms with Crippen molar-refractivity contribution >= 4 is 12.0 Å². The minimum atomic E-state index is -0.761. The molecular formula is C14H24N2O3. The molecule has 2 aliphatic rings. The molecule has 5 heteroatoms. The van der Waals surface area contributed by atoms with Crippen LogP contribution in [0.15, 0.2) is 0 Å². The molecule has 3 atom stereocenters. The lowest BCUT2D eigenvalue weighted by Gasteiger charge is -2.34. The summed E-state index contributed by atoms with van der Waals surface area (Å²) < 4.78 is 0. The number of carbonyl (C=O) groups is 2. The van der Waals surface area contributed by atoms with Crippen molar-refractivity contribution in [3.8, 4) is 0 Å². The van der Waals surface area contributed by atoms with Crippen LogP contribution in [0, 0.1) is 17.8 Å². The van der Waals surface area contributed by atoms with Crippen molar-refractivity contribution < 1.29 is 14.7 Å². The second-order valence-corrected chi connectivity index (χ2v) is 6.19. The Labute approximate surface area is 114 Å². The molecule has 0 bridgehead atoms. The average molecular weight is 268 g/mol. The van der Waals surface area contributed by atoms with Gasteiger partial charge in [0.1, 0.15) is 0 Å². The molecular weight excluding hydrogens is 244 g/mol. The fourth-order valence-electron chi connectivity index (χ4n) is 3.14. The highest BCUT2D eigenvalue weighted by molar-refractivity contribution is 5.75. The zero-order chi connectivity index (χ0) is 14.0. The molecule has 0 aromatic carbocycles. The molecule has 0 saturated carbocycles. The third kappa shape index (κ3) is 3.39. The van der Waals surface area contributed by atoms with E-state index in [0.29, 0.717) is 18.4 Å². The Morgan fingerprint density at radius 3 is 2.32 bits per heavy atom. The maximum absolute atomic E-state index is 12.4. The van der Waals surface area contributed by atoms with E-state index >= 15 is 0 Å². The summed E-state index contributed by atoms with van der Waals surface area (Å²) in [6, 6.07) is 0.103. The number of urea groups is 1. The maximum atomic E-state index is 12.4. The molecule has 0 spiro atoms. The Balaban J connectivity index is 1.90. The lowest BCUT2D eigenvalue weighted by atomic mass is 9.95. The predicted molar refractivity (Wildman–Crippen MR) is 71.8 cm³/mol. The highest BCUT2D eigenvalue weighted by atomic mass is 16.4. The number of rotatable bonds is 2. The molecule has 5 nitrogen and oxygen atoms in total. The first-order valence-corrected chi connectivity index (χ1v) is 7.23. The van der Waals surface area contributed by atoms with Gasteiger partial charge in [0.2, 0.25) is 0 Å². The van der Waals surface area contributed by atoms with Crippen molar-refractivity contribution in [1.82, 2.24) is 9.80 Å². The van der Waals surface area contributed by atoms with Crippen LogP contribution >= 0.6 is 0 Å². The number of hydrogen-bond acceptors (Lipinski definition) is 2. The summed E-state index contributed by atoms with van der Waals surface area (Å²) in [6.45, 7) is 7.40. The van der Waals surface area contributed by atoms with Gasteiger partial charge in [-0.2, -0.15) is 0 Å². The maximum Gasteiger partial charge on any atom is 0.320 e. The standard InChI is InChI=1S/C14H24N2O3/c1-10-7-16(8-11(10)2)14(19)15-5-3-4-12(9-15)6-13(17)18/h10-12H,3-9H2,1-2H3,(H,17,18). The van der Waals surface area contributed by atoms with Gasteiger partial charge >= 0.3 is 12.0 Å². The van der Waals surface area contributed by atoms with Crippen molar-refractivity contribution in [2.45, 2.75) is 33.1 Å². The second kappa shape index (κ2) is 5.80. The van der Waals surface area contributed by atoms with Crippen LogP contribution < -0.4 is 0 Å². The smallest absolute Gasteiger partial charge is 0.320 e. The number of piperidine rings is 1. The Bertz CT molecular complexity index is 349.